The van der Waals surface area contributed by atoms with Gasteiger partial charge in [-0.15, -0.1) is 0 Å². The summed E-state index contributed by atoms with van der Waals surface area (Å²) in [6.07, 6.45) is 20.3. The van der Waals surface area contributed by atoms with Crippen LogP contribution in [-0.4, -0.2) is 17.4 Å². The predicted molar refractivity (Wildman–Crippen MR) is 125 cm³/mol. The maximum absolute atomic E-state index is 10.2. The van der Waals surface area contributed by atoms with Gasteiger partial charge >= 0.3 is 0 Å². The number of hydrogen-bond donors (Lipinski definition) is 1. The second-order valence-electron chi connectivity index (χ2n) is 8.72. The highest BCUT2D eigenvalue weighted by Crippen LogP contribution is 2.14. The Morgan fingerprint density at radius 1 is 0.806 bits per heavy atom. The highest BCUT2D eigenvalue weighted by atomic mass is 16.6. The summed E-state index contributed by atoms with van der Waals surface area (Å²) in [5.74, 6) is -0.446. The van der Waals surface area contributed by atoms with E-state index >= 15 is 0 Å². The molecule has 6 nitrogen and oxygen atoms in total. The molecule has 0 radical (unpaired) electrons. The van der Waals surface area contributed by atoms with Gasteiger partial charge in [0.25, 0.3) is 5.69 Å². The highest BCUT2D eigenvalue weighted by molar-refractivity contribution is 5.85. The van der Waals surface area contributed by atoms with Gasteiger partial charge in [0.15, 0.2) is 0 Å². The van der Waals surface area contributed by atoms with Crippen molar-refractivity contribution in [3.63, 3.8) is 0 Å². The van der Waals surface area contributed by atoms with Crippen molar-refractivity contribution in [2.24, 2.45) is 5.92 Å². The fourth-order valence-corrected chi connectivity index (χ4v) is 3.39. The van der Waals surface area contributed by atoms with Gasteiger partial charge in [-0.05, 0) is 36.5 Å². The first-order chi connectivity index (χ1) is 14.9. The first-order valence-corrected chi connectivity index (χ1v) is 12.1. The third kappa shape index (κ3) is 18.5. The number of carboxylic acid groups (broad SMARTS) is 1. The summed E-state index contributed by atoms with van der Waals surface area (Å²) in [4.78, 5) is 19.7. The van der Waals surface area contributed by atoms with Crippen molar-refractivity contribution in [3.8, 4) is 0 Å². The molecule has 0 saturated heterocycles. The maximum atomic E-state index is 10.2. The molecule has 178 valence electrons. The van der Waals surface area contributed by atoms with E-state index in [1.54, 1.807) is 0 Å². The monoisotopic (exact) mass is 436 g/mol. The zero-order valence-corrected chi connectivity index (χ0v) is 19.8. The normalized spacial score (nSPS) is 10.6. The van der Waals surface area contributed by atoms with Crippen LogP contribution in [0.2, 0.25) is 0 Å². The second-order valence-corrected chi connectivity index (χ2v) is 8.72. The molecule has 3 N–H and O–H groups in total. The molecule has 0 aromatic heterocycles. The molecule has 0 saturated carbocycles. The van der Waals surface area contributed by atoms with E-state index in [1.165, 1.54) is 89.9 Å². The smallest absolute Gasteiger partial charge is 0.269 e. The lowest BCUT2D eigenvalue weighted by Crippen LogP contribution is -2.50. The SMILES string of the molecule is CC(C)CCCCCCCCCCCCCCC[NH3+].O=C([O-])c1ccc([N+](=O)[O-])cc1. The number of benzene rings is 1. The molecule has 0 aliphatic heterocycles. The quantitative estimate of drug-likeness (QED) is 0.203. The van der Waals surface area contributed by atoms with Gasteiger partial charge in [0, 0.05) is 12.1 Å². The van der Waals surface area contributed by atoms with Gasteiger partial charge in [0.2, 0.25) is 0 Å². The van der Waals surface area contributed by atoms with Crippen molar-refractivity contribution in [2.45, 2.75) is 104 Å². The number of nitrogens with zero attached hydrogens (tertiary/aromatic N) is 1. The summed E-state index contributed by atoms with van der Waals surface area (Å²) in [5.41, 5.74) is 3.68. The summed E-state index contributed by atoms with van der Waals surface area (Å²) >= 11 is 0. The number of hydrogen-bond acceptors (Lipinski definition) is 4. The summed E-state index contributed by atoms with van der Waals surface area (Å²) in [7, 11) is 0. The Morgan fingerprint density at radius 3 is 1.52 bits per heavy atom. The number of non-ortho nitro benzene ring substituents is 1. The van der Waals surface area contributed by atoms with Gasteiger partial charge in [0.1, 0.15) is 0 Å². The fourth-order valence-electron chi connectivity index (χ4n) is 3.39. The zero-order valence-electron chi connectivity index (χ0n) is 19.8. The molecule has 0 amide bonds. The number of unbranched alkanes of at least 4 members (excludes halogenated alkanes) is 12. The highest BCUT2D eigenvalue weighted by Gasteiger charge is 2.03. The minimum absolute atomic E-state index is 0.0689. The molecular formula is C25H44N2O4. The van der Waals surface area contributed by atoms with Gasteiger partial charge in [-0.2, -0.15) is 0 Å². The molecule has 31 heavy (non-hydrogen) atoms. The average molecular weight is 437 g/mol. The second kappa shape index (κ2) is 20.0. The van der Waals surface area contributed by atoms with Crippen LogP contribution in [0.25, 0.3) is 0 Å². The molecule has 0 spiro atoms. The fraction of sp³-hybridized carbons (Fsp3) is 0.720. The topological polar surface area (TPSA) is 111 Å². The van der Waals surface area contributed by atoms with Crippen molar-refractivity contribution in [1.82, 2.24) is 0 Å². The van der Waals surface area contributed by atoms with E-state index in [0.29, 0.717) is 0 Å². The van der Waals surface area contributed by atoms with Crippen LogP contribution in [0, 0.1) is 16.0 Å². The Morgan fingerprint density at radius 2 is 1.19 bits per heavy atom. The van der Waals surface area contributed by atoms with E-state index in [0.717, 1.165) is 36.7 Å². The third-order valence-corrected chi connectivity index (χ3v) is 5.35. The number of aromatic carboxylic acids is 1. The molecule has 1 aromatic carbocycles. The van der Waals surface area contributed by atoms with E-state index in [9.17, 15) is 20.0 Å². The molecule has 0 fully saturated rings. The standard InChI is InChI=1S/C18H39N.C7H5NO4/c1-18(2)16-14-12-10-8-6-4-3-5-7-9-11-13-15-17-19;9-7(10)5-1-3-6(4-2-5)8(11)12/h18H,3-17,19H2,1-2H3;1-4H,(H,9,10). The van der Waals surface area contributed by atoms with Gasteiger partial charge in [-0.1, -0.05) is 90.9 Å². The van der Waals surface area contributed by atoms with Crippen LogP contribution in [0.15, 0.2) is 24.3 Å². The van der Waals surface area contributed by atoms with Crippen molar-refractivity contribution in [2.75, 3.05) is 6.54 Å². The van der Waals surface area contributed by atoms with Crippen LogP contribution in [0.3, 0.4) is 0 Å². The number of carbonyl (C=O) groups is 1. The first kappa shape index (κ1) is 29.1. The summed E-state index contributed by atoms with van der Waals surface area (Å²) in [6.45, 7) is 5.79. The Kier molecular flexibility index (Phi) is 18.7. The van der Waals surface area contributed by atoms with E-state index in [4.69, 9.17) is 0 Å². The predicted octanol–water partition coefficient (Wildman–Crippen LogP) is 5.30. The minimum atomic E-state index is -1.34. The third-order valence-electron chi connectivity index (χ3n) is 5.35. The van der Waals surface area contributed by atoms with E-state index in [-0.39, 0.29) is 11.3 Å². The van der Waals surface area contributed by atoms with Crippen LogP contribution in [-0.2, 0) is 0 Å². The van der Waals surface area contributed by atoms with Crippen molar-refractivity contribution < 1.29 is 20.6 Å². The number of nitro benzene ring substituents is 1. The summed E-state index contributed by atoms with van der Waals surface area (Å²) in [5, 5.41) is 20.3. The van der Waals surface area contributed by atoms with Crippen molar-refractivity contribution in [1.29, 1.82) is 0 Å². The molecule has 0 heterocycles. The molecule has 0 atom stereocenters. The molecule has 1 rings (SSSR count). The molecule has 1 aromatic rings. The molecule has 0 aliphatic carbocycles. The van der Waals surface area contributed by atoms with Crippen LogP contribution in [0.5, 0.6) is 0 Å². The number of nitro groups is 1. The van der Waals surface area contributed by atoms with Crippen LogP contribution >= 0.6 is 0 Å². The summed E-state index contributed by atoms with van der Waals surface area (Å²) in [6, 6.07) is 4.50. The number of carbonyl (C=O) groups excluding carboxylic acids is 1. The lowest BCUT2D eigenvalue weighted by Gasteiger charge is -2.04. The average Bonchev–Trinajstić information content (AvgIpc) is 2.74. The number of carboxylic acids is 1. The van der Waals surface area contributed by atoms with Gasteiger partial charge in [-0.25, -0.2) is 0 Å². The Bertz CT molecular complexity index is 540. The molecule has 0 aliphatic rings. The van der Waals surface area contributed by atoms with Crippen LogP contribution in [0.4, 0.5) is 5.69 Å². The Hall–Kier alpha value is -1.95. The van der Waals surface area contributed by atoms with E-state index in [2.05, 4.69) is 19.6 Å². The number of quaternary nitrogens is 1. The van der Waals surface area contributed by atoms with Crippen molar-refractivity contribution in [3.05, 3.63) is 39.9 Å². The van der Waals surface area contributed by atoms with E-state index in [1.807, 2.05) is 0 Å². The van der Waals surface area contributed by atoms with Crippen LogP contribution in [0.1, 0.15) is 114 Å². The first-order valence-electron chi connectivity index (χ1n) is 12.1. The lowest BCUT2D eigenvalue weighted by molar-refractivity contribution is -0.384. The van der Waals surface area contributed by atoms with Crippen LogP contribution < -0.4 is 10.8 Å². The molecule has 0 bridgehead atoms. The summed E-state index contributed by atoms with van der Waals surface area (Å²) < 4.78 is 0. The van der Waals surface area contributed by atoms with E-state index < -0.39 is 10.9 Å². The molecular weight excluding hydrogens is 392 g/mol. The van der Waals surface area contributed by atoms with Gasteiger partial charge in [-0.3, -0.25) is 10.1 Å². The minimum Gasteiger partial charge on any atom is -0.545 e. The lowest BCUT2D eigenvalue weighted by atomic mass is 10.0. The Balaban J connectivity index is 0.000000639. The number of rotatable bonds is 17. The molecule has 6 heteroatoms. The zero-order chi connectivity index (χ0) is 23.3. The largest absolute Gasteiger partial charge is 0.545 e. The molecule has 0 unspecified atom stereocenters. The maximum Gasteiger partial charge on any atom is 0.269 e. The Labute approximate surface area is 188 Å². The van der Waals surface area contributed by atoms with Gasteiger partial charge in [0.05, 0.1) is 17.4 Å². The van der Waals surface area contributed by atoms with Crippen molar-refractivity contribution >= 4 is 11.7 Å². The van der Waals surface area contributed by atoms with Gasteiger partial charge < -0.3 is 15.6 Å².